The van der Waals surface area contributed by atoms with Gasteiger partial charge in [-0.2, -0.15) is 0 Å². The summed E-state index contributed by atoms with van der Waals surface area (Å²) in [5, 5.41) is 20.2. The molecule has 0 aliphatic rings. The van der Waals surface area contributed by atoms with Crippen molar-refractivity contribution in [3.05, 3.63) is 71.8 Å². The molecule has 2 aromatic rings. The molecule has 0 amide bonds. The van der Waals surface area contributed by atoms with E-state index in [2.05, 4.69) is 0 Å². The van der Waals surface area contributed by atoms with Crippen LogP contribution in [0.25, 0.3) is 0 Å². The van der Waals surface area contributed by atoms with E-state index in [0.717, 1.165) is 0 Å². The third kappa shape index (κ3) is 8.11. The molecule has 0 fully saturated rings. The van der Waals surface area contributed by atoms with E-state index in [0.29, 0.717) is 0 Å². The molecule has 0 bridgehead atoms. The smallest absolute Gasteiger partial charge is 0.545 e. The average Bonchev–Trinajstić information content (AvgIpc) is 2.41. The Kier molecular flexibility index (Phi) is 12.3. The fraction of sp³-hybridized carbons (Fsp3) is 0. The van der Waals surface area contributed by atoms with Crippen molar-refractivity contribution in [2.24, 2.45) is 0 Å². The first-order chi connectivity index (χ1) is 8.61. The molecular weight excluding hydrogens is 467 g/mol. The Morgan fingerprint density at radius 1 is 0.650 bits per heavy atom. The number of rotatable bonds is 2. The van der Waals surface area contributed by atoms with Crippen LogP contribution in [0, 0.1) is 0 Å². The molecule has 0 aromatic heterocycles. The van der Waals surface area contributed by atoms with Crippen molar-refractivity contribution >= 4 is 11.9 Å². The second-order valence-electron chi connectivity index (χ2n) is 3.31. The number of aromatic carboxylic acids is 2. The summed E-state index contributed by atoms with van der Waals surface area (Å²) in [7, 11) is 0. The number of halogens is 1. The summed E-state index contributed by atoms with van der Waals surface area (Å²) >= 11 is 0. The van der Waals surface area contributed by atoms with Gasteiger partial charge in [-0.1, -0.05) is 60.7 Å². The first-order valence-electron chi connectivity index (χ1n) is 5.14. The van der Waals surface area contributed by atoms with E-state index in [1.807, 2.05) is 0 Å². The monoisotopic (exact) mass is 476 g/mol. The quantitative estimate of drug-likeness (QED) is 0.344. The molecule has 0 unspecified atom stereocenters. The van der Waals surface area contributed by atoms with Gasteiger partial charge in [0.25, 0.3) is 0 Å². The predicted octanol–water partition coefficient (Wildman–Crippen LogP) is -2.90. The molecule has 108 valence electrons. The van der Waals surface area contributed by atoms with E-state index in [1.54, 1.807) is 36.4 Å². The van der Waals surface area contributed by atoms with E-state index in [9.17, 15) is 19.8 Å². The number of hydrogen-bond donors (Lipinski definition) is 0. The maximum absolute atomic E-state index is 10.1. The third-order valence-corrected chi connectivity index (χ3v) is 2.02. The zero-order valence-corrected chi connectivity index (χ0v) is 13.7. The summed E-state index contributed by atoms with van der Waals surface area (Å²) in [4.78, 5) is 20.2. The average molecular weight is 477 g/mol. The van der Waals surface area contributed by atoms with Gasteiger partial charge in [0, 0.05) is 0 Å². The van der Waals surface area contributed by atoms with Gasteiger partial charge in [0.05, 0.1) is 11.9 Å². The fourth-order valence-electron chi connectivity index (χ4n) is 1.15. The topological polar surface area (TPSA) is 80.3 Å². The summed E-state index contributed by atoms with van der Waals surface area (Å²) in [5.41, 5.74) is 0.440. The Morgan fingerprint density at radius 2 is 0.900 bits per heavy atom. The zero-order valence-electron chi connectivity index (χ0n) is 10.1. The van der Waals surface area contributed by atoms with Crippen LogP contribution >= 0.6 is 0 Å². The van der Waals surface area contributed by atoms with Crippen LogP contribution in [0.15, 0.2) is 60.7 Å². The van der Waals surface area contributed by atoms with Crippen LogP contribution in [0.1, 0.15) is 20.7 Å². The number of carbonyl (C=O) groups excluding carboxylic acids is 2. The molecule has 0 aliphatic heterocycles. The Morgan fingerprint density at radius 3 is 1.05 bits per heavy atom. The van der Waals surface area contributed by atoms with Gasteiger partial charge >= 0.3 is 46.4 Å². The first-order valence-corrected chi connectivity index (χ1v) is 5.14. The minimum absolute atomic E-state index is 0. The number of carbonyl (C=O) groups is 2. The van der Waals surface area contributed by atoms with Crippen molar-refractivity contribution in [2.75, 3.05) is 0 Å². The summed E-state index contributed by atoms with van der Waals surface area (Å²) in [6.45, 7) is 0. The molecule has 20 heavy (non-hydrogen) atoms. The SMILES string of the molecule is O=C([O-])c1ccccc1.O=C([O-])c1ccccc1.[Ag+].[I+]. The van der Waals surface area contributed by atoms with Crippen molar-refractivity contribution < 1.29 is 66.2 Å². The maximum atomic E-state index is 10.1. The van der Waals surface area contributed by atoms with Gasteiger partial charge in [0.2, 0.25) is 0 Å². The number of benzene rings is 2. The van der Waals surface area contributed by atoms with E-state index in [1.165, 1.54) is 24.3 Å². The molecule has 0 atom stereocenters. The van der Waals surface area contributed by atoms with E-state index < -0.39 is 11.9 Å². The summed E-state index contributed by atoms with van der Waals surface area (Å²) in [6.07, 6.45) is 0. The normalized spacial score (nSPS) is 8.00. The van der Waals surface area contributed by atoms with Gasteiger partial charge in [-0.15, -0.1) is 0 Å². The van der Waals surface area contributed by atoms with Crippen molar-refractivity contribution in [3.63, 3.8) is 0 Å². The number of carboxylic acids is 2. The Labute approximate surface area is 149 Å². The molecule has 2 radical (unpaired) electrons. The minimum atomic E-state index is -1.13. The third-order valence-electron chi connectivity index (χ3n) is 2.02. The second-order valence-corrected chi connectivity index (χ2v) is 3.31. The molecule has 0 spiro atoms. The van der Waals surface area contributed by atoms with E-state index in [4.69, 9.17) is 0 Å². The molecular formula is C14H10AgIO4. The van der Waals surface area contributed by atoms with E-state index >= 15 is 0 Å². The molecule has 2 rings (SSSR count). The van der Waals surface area contributed by atoms with Gasteiger partial charge in [-0.3, -0.25) is 0 Å². The standard InChI is InChI=1S/2C7H6O2.Ag.I/c2*8-7(9)6-4-2-1-3-5-6;;/h2*1-5H,(H,8,9);;/q;;2*+1/p-2. The predicted molar refractivity (Wildman–Crippen MR) is 61.5 cm³/mol. The molecule has 0 saturated carbocycles. The van der Waals surface area contributed by atoms with Crippen LogP contribution in [0.4, 0.5) is 0 Å². The van der Waals surface area contributed by atoms with Crippen LogP contribution in [-0.4, -0.2) is 11.9 Å². The number of carboxylic acid groups (broad SMARTS) is 2. The molecule has 0 aliphatic carbocycles. The van der Waals surface area contributed by atoms with Crippen molar-refractivity contribution in [2.45, 2.75) is 0 Å². The van der Waals surface area contributed by atoms with Crippen molar-refractivity contribution in [3.8, 4) is 0 Å². The summed E-state index contributed by atoms with van der Waals surface area (Å²) in [5.74, 6) is -2.26. The zero-order chi connectivity index (χ0) is 13.4. The minimum Gasteiger partial charge on any atom is -0.545 e. The van der Waals surface area contributed by atoms with Crippen LogP contribution in [-0.2, 0) is 22.4 Å². The first kappa shape index (κ1) is 21.2. The van der Waals surface area contributed by atoms with Gasteiger partial charge < -0.3 is 19.8 Å². The summed E-state index contributed by atoms with van der Waals surface area (Å²) in [6, 6.07) is 16.1. The van der Waals surface area contributed by atoms with Gasteiger partial charge in [-0.05, 0) is 11.1 Å². The largest absolute Gasteiger partial charge is 1.00 e. The Bertz CT molecular complexity index is 468. The molecule has 6 heteroatoms. The fourth-order valence-corrected chi connectivity index (χ4v) is 1.15. The van der Waals surface area contributed by atoms with Gasteiger partial charge in [0.15, 0.2) is 0 Å². The van der Waals surface area contributed by atoms with Gasteiger partial charge in [0.1, 0.15) is 0 Å². The van der Waals surface area contributed by atoms with Crippen LogP contribution in [0.3, 0.4) is 0 Å². The Hall–Kier alpha value is -1.15. The van der Waals surface area contributed by atoms with E-state index in [-0.39, 0.29) is 57.5 Å². The number of hydrogen-bond acceptors (Lipinski definition) is 4. The molecule has 4 nitrogen and oxygen atoms in total. The molecule has 0 heterocycles. The maximum Gasteiger partial charge on any atom is 1.00 e. The molecule has 0 saturated heterocycles. The van der Waals surface area contributed by atoms with Gasteiger partial charge in [-0.25, -0.2) is 0 Å². The van der Waals surface area contributed by atoms with Crippen molar-refractivity contribution in [1.82, 2.24) is 0 Å². The van der Waals surface area contributed by atoms with Crippen LogP contribution in [0.2, 0.25) is 0 Å². The van der Waals surface area contributed by atoms with Crippen LogP contribution in [0.5, 0.6) is 0 Å². The second kappa shape index (κ2) is 11.7. The summed E-state index contributed by atoms with van der Waals surface area (Å²) < 4.78 is 0. The molecule has 0 N–H and O–H groups in total. The van der Waals surface area contributed by atoms with Crippen molar-refractivity contribution in [1.29, 1.82) is 0 Å². The van der Waals surface area contributed by atoms with Crippen LogP contribution < -0.4 is 34.2 Å². The Balaban J connectivity index is 0. The molecule has 2 aromatic carbocycles.